The first kappa shape index (κ1) is 17.4. The Hall–Kier alpha value is -2.38. The summed E-state index contributed by atoms with van der Waals surface area (Å²) in [6, 6.07) is 16.4. The second-order valence-corrected chi connectivity index (χ2v) is 7.88. The monoisotopic (exact) mass is 360 g/mol. The summed E-state index contributed by atoms with van der Waals surface area (Å²) in [5, 5.41) is 0. The molecule has 0 unspecified atom stereocenters. The van der Waals surface area contributed by atoms with Crippen LogP contribution in [0.5, 0.6) is 11.5 Å². The Morgan fingerprint density at radius 3 is 2.00 bits per heavy atom. The summed E-state index contributed by atoms with van der Waals surface area (Å²) < 4.78 is 30.2. The second kappa shape index (κ2) is 7.25. The van der Waals surface area contributed by atoms with Gasteiger partial charge in [-0.05, 0) is 36.4 Å². The molecular formula is C18H20N2O4S. The molecule has 3 rings (SSSR count). The molecule has 2 aromatic rings. The number of piperazine rings is 1. The van der Waals surface area contributed by atoms with Crippen molar-refractivity contribution < 1.29 is 17.9 Å². The molecule has 1 amide bonds. The van der Waals surface area contributed by atoms with Crippen LogP contribution in [0.15, 0.2) is 54.6 Å². The third-order valence-electron chi connectivity index (χ3n) is 4.08. The van der Waals surface area contributed by atoms with E-state index in [-0.39, 0.29) is 5.91 Å². The molecule has 132 valence electrons. The molecule has 0 N–H and O–H groups in total. The van der Waals surface area contributed by atoms with E-state index in [0.717, 1.165) is 5.75 Å². The lowest BCUT2D eigenvalue weighted by molar-refractivity contribution is 0.0698. The number of rotatable bonds is 4. The Kier molecular flexibility index (Phi) is 5.06. The Morgan fingerprint density at radius 1 is 0.880 bits per heavy atom. The van der Waals surface area contributed by atoms with Crippen molar-refractivity contribution in [3.8, 4) is 11.5 Å². The van der Waals surface area contributed by atoms with Gasteiger partial charge in [-0.3, -0.25) is 4.79 Å². The molecule has 7 heteroatoms. The molecule has 1 heterocycles. The molecule has 0 atom stereocenters. The van der Waals surface area contributed by atoms with Gasteiger partial charge in [0.25, 0.3) is 5.91 Å². The van der Waals surface area contributed by atoms with Gasteiger partial charge in [0.15, 0.2) is 0 Å². The summed E-state index contributed by atoms with van der Waals surface area (Å²) in [6.07, 6.45) is 1.19. The topological polar surface area (TPSA) is 66.9 Å². The van der Waals surface area contributed by atoms with Crippen LogP contribution in [0.3, 0.4) is 0 Å². The van der Waals surface area contributed by atoms with E-state index >= 15 is 0 Å². The Labute approximate surface area is 147 Å². The van der Waals surface area contributed by atoms with Crippen LogP contribution < -0.4 is 4.74 Å². The molecule has 1 aliphatic heterocycles. The van der Waals surface area contributed by atoms with Gasteiger partial charge in [0.1, 0.15) is 11.5 Å². The molecule has 0 radical (unpaired) electrons. The summed E-state index contributed by atoms with van der Waals surface area (Å²) in [5.41, 5.74) is 0.563. The number of ether oxygens (including phenoxy) is 1. The van der Waals surface area contributed by atoms with Crippen molar-refractivity contribution >= 4 is 15.9 Å². The van der Waals surface area contributed by atoms with Gasteiger partial charge in [-0.25, -0.2) is 8.42 Å². The van der Waals surface area contributed by atoms with Crippen molar-refractivity contribution in [2.75, 3.05) is 32.4 Å². The van der Waals surface area contributed by atoms with Crippen LogP contribution in [-0.2, 0) is 10.0 Å². The quantitative estimate of drug-likeness (QED) is 0.838. The van der Waals surface area contributed by atoms with E-state index in [1.165, 1.54) is 10.6 Å². The number of carbonyl (C=O) groups is 1. The van der Waals surface area contributed by atoms with Gasteiger partial charge in [0.2, 0.25) is 10.0 Å². The van der Waals surface area contributed by atoms with Crippen LogP contribution in [0.1, 0.15) is 10.4 Å². The summed E-state index contributed by atoms with van der Waals surface area (Å²) in [4.78, 5) is 14.2. The number of hydrogen-bond acceptors (Lipinski definition) is 4. The summed E-state index contributed by atoms with van der Waals surface area (Å²) in [5.74, 6) is 1.29. The molecule has 0 aliphatic carbocycles. The van der Waals surface area contributed by atoms with E-state index in [0.29, 0.717) is 37.5 Å². The molecule has 0 spiro atoms. The summed E-state index contributed by atoms with van der Waals surface area (Å²) in [6.45, 7) is 1.46. The smallest absolute Gasteiger partial charge is 0.253 e. The van der Waals surface area contributed by atoms with Gasteiger partial charge in [-0.1, -0.05) is 18.2 Å². The first-order valence-corrected chi connectivity index (χ1v) is 9.86. The number of amides is 1. The van der Waals surface area contributed by atoms with Crippen molar-refractivity contribution in [2.24, 2.45) is 0 Å². The standard InChI is InChI=1S/C18H20N2O4S/c1-25(22,23)20-13-11-19(12-14-20)18(21)15-7-9-17(10-8-15)24-16-5-3-2-4-6-16/h2-10H,11-14H2,1H3. The molecule has 25 heavy (non-hydrogen) atoms. The number of nitrogens with zero attached hydrogens (tertiary/aromatic N) is 2. The SMILES string of the molecule is CS(=O)(=O)N1CCN(C(=O)c2ccc(Oc3ccccc3)cc2)CC1. The van der Waals surface area contributed by atoms with Gasteiger partial charge in [-0.15, -0.1) is 0 Å². The van der Waals surface area contributed by atoms with Gasteiger partial charge < -0.3 is 9.64 Å². The van der Waals surface area contributed by atoms with E-state index in [1.54, 1.807) is 29.2 Å². The predicted molar refractivity (Wildman–Crippen MR) is 95.3 cm³/mol. The second-order valence-electron chi connectivity index (χ2n) is 5.89. The lowest BCUT2D eigenvalue weighted by Crippen LogP contribution is -2.50. The van der Waals surface area contributed by atoms with Crippen molar-refractivity contribution in [3.05, 3.63) is 60.2 Å². The van der Waals surface area contributed by atoms with E-state index in [9.17, 15) is 13.2 Å². The zero-order valence-corrected chi connectivity index (χ0v) is 14.8. The summed E-state index contributed by atoms with van der Waals surface area (Å²) in [7, 11) is -3.20. The minimum absolute atomic E-state index is 0.0978. The lowest BCUT2D eigenvalue weighted by Gasteiger charge is -2.33. The fourth-order valence-electron chi connectivity index (χ4n) is 2.70. The predicted octanol–water partition coefficient (Wildman–Crippen LogP) is 2.20. The molecule has 2 aromatic carbocycles. The van der Waals surface area contributed by atoms with Crippen LogP contribution in [0.25, 0.3) is 0 Å². The van der Waals surface area contributed by atoms with Gasteiger partial charge in [-0.2, -0.15) is 4.31 Å². The normalized spacial score (nSPS) is 15.8. The third kappa shape index (κ3) is 4.37. The minimum atomic E-state index is -3.20. The number of benzene rings is 2. The maximum atomic E-state index is 12.5. The molecule has 1 saturated heterocycles. The van der Waals surface area contributed by atoms with Crippen LogP contribution in [0.4, 0.5) is 0 Å². The van der Waals surface area contributed by atoms with Gasteiger partial charge >= 0.3 is 0 Å². The first-order chi connectivity index (χ1) is 11.9. The minimum Gasteiger partial charge on any atom is -0.457 e. The van der Waals surface area contributed by atoms with Crippen molar-refractivity contribution in [1.82, 2.24) is 9.21 Å². The van der Waals surface area contributed by atoms with Crippen molar-refractivity contribution in [2.45, 2.75) is 0 Å². The Balaban J connectivity index is 1.62. The van der Waals surface area contributed by atoms with Crippen LogP contribution in [0.2, 0.25) is 0 Å². The molecule has 1 fully saturated rings. The summed E-state index contributed by atoms with van der Waals surface area (Å²) >= 11 is 0. The van der Waals surface area contributed by atoms with E-state index < -0.39 is 10.0 Å². The number of carbonyl (C=O) groups excluding carboxylic acids is 1. The molecule has 0 bridgehead atoms. The largest absolute Gasteiger partial charge is 0.457 e. The third-order valence-corrected chi connectivity index (χ3v) is 5.38. The average molecular weight is 360 g/mol. The van der Waals surface area contributed by atoms with E-state index in [1.807, 2.05) is 30.3 Å². The molecular weight excluding hydrogens is 340 g/mol. The highest BCUT2D eigenvalue weighted by atomic mass is 32.2. The molecule has 1 aliphatic rings. The van der Waals surface area contributed by atoms with Crippen molar-refractivity contribution in [1.29, 1.82) is 0 Å². The average Bonchev–Trinajstić information content (AvgIpc) is 2.62. The highest BCUT2D eigenvalue weighted by molar-refractivity contribution is 7.88. The zero-order chi connectivity index (χ0) is 17.9. The Bertz CT molecular complexity index is 827. The maximum Gasteiger partial charge on any atom is 0.253 e. The van der Waals surface area contributed by atoms with Crippen LogP contribution in [0, 0.1) is 0 Å². The molecule has 0 saturated carbocycles. The number of sulfonamides is 1. The van der Waals surface area contributed by atoms with Crippen molar-refractivity contribution in [3.63, 3.8) is 0 Å². The lowest BCUT2D eigenvalue weighted by atomic mass is 10.2. The maximum absolute atomic E-state index is 12.5. The highest BCUT2D eigenvalue weighted by Crippen LogP contribution is 2.22. The highest BCUT2D eigenvalue weighted by Gasteiger charge is 2.26. The van der Waals surface area contributed by atoms with Gasteiger partial charge in [0, 0.05) is 31.7 Å². The zero-order valence-electron chi connectivity index (χ0n) is 14.0. The number of hydrogen-bond donors (Lipinski definition) is 0. The first-order valence-electron chi connectivity index (χ1n) is 8.01. The van der Waals surface area contributed by atoms with Crippen LogP contribution >= 0.6 is 0 Å². The van der Waals surface area contributed by atoms with Gasteiger partial charge in [0.05, 0.1) is 6.26 Å². The fourth-order valence-corrected chi connectivity index (χ4v) is 3.52. The van der Waals surface area contributed by atoms with E-state index in [2.05, 4.69) is 0 Å². The Morgan fingerprint density at radius 2 is 1.44 bits per heavy atom. The molecule has 6 nitrogen and oxygen atoms in total. The van der Waals surface area contributed by atoms with Crippen LogP contribution in [-0.4, -0.2) is 56.0 Å². The molecule has 0 aromatic heterocycles. The number of para-hydroxylation sites is 1. The van der Waals surface area contributed by atoms with E-state index in [4.69, 9.17) is 4.74 Å². The fraction of sp³-hybridized carbons (Fsp3) is 0.278.